The summed E-state index contributed by atoms with van der Waals surface area (Å²) in [5, 5.41) is 14.9. The van der Waals surface area contributed by atoms with Crippen LogP contribution < -0.4 is 15.3 Å². The molecule has 3 heterocycles. The molecule has 3 aromatic carbocycles. The summed E-state index contributed by atoms with van der Waals surface area (Å²) in [6.07, 6.45) is -0.576. The van der Waals surface area contributed by atoms with E-state index >= 15 is 0 Å². The summed E-state index contributed by atoms with van der Waals surface area (Å²) in [7, 11) is -10.2. The number of benzene rings is 3. The predicted molar refractivity (Wildman–Crippen MR) is 211 cm³/mol. The number of nitrogen functional groups attached to an aromatic ring is 1. The van der Waals surface area contributed by atoms with Crippen molar-refractivity contribution in [1.82, 2.24) is 29.5 Å². The molecule has 2 aromatic heterocycles. The summed E-state index contributed by atoms with van der Waals surface area (Å²) in [6, 6.07) is 18.1. The van der Waals surface area contributed by atoms with E-state index in [4.69, 9.17) is 40.2 Å². The first-order chi connectivity index (χ1) is 27.3. The van der Waals surface area contributed by atoms with E-state index in [1.807, 2.05) is 24.3 Å². The van der Waals surface area contributed by atoms with Gasteiger partial charge in [0, 0.05) is 17.8 Å². The van der Waals surface area contributed by atoms with Gasteiger partial charge in [0.1, 0.15) is 30.0 Å². The maximum Gasteiger partial charge on any atom is 0.481 e. The molecule has 304 valence electrons. The number of aliphatic hydroxyl groups excluding tert-OH is 1. The van der Waals surface area contributed by atoms with Gasteiger partial charge in [-0.3, -0.25) is 9.32 Å². The smallest absolute Gasteiger partial charge is 0.460 e. The number of ether oxygens (including phenoxy) is 2. The number of anilines is 1. The van der Waals surface area contributed by atoms with E-state index < -0.39 is 58.4 Å². The molecule has 1 saturated heterocycles. The third-order valence-electron chi connectivity index (χ3n) is 10.1. The molecule has 57 heavy (non-hydrogen) atoms. The van der Waals surface area contributed by atoms with Crippen molar-refractivity contribution in [2.24, 2.45) is 5.92 Å². The van der Waals surface area contributed by atoms with Crippen LogP contribution in [-0.2, 0) is 45.3 Å². The molecule has 0 radical (unpaired) electrons. The molecule has 2 fully saturated rings. The van der Waals surface area contributed by atoms with Crippen molar-refractivity contribution in [2.75, 3.05) is 32.0 Å². The molecule has 5 N–H and O–H groups in total. The number of imidazole rings is 1. The SMILES string of the molecule is CCN(CC)CCc1cc(OP(=O)(N[C@@H](C)C(=O)OCc2ccccc2)OP(=O)(O)OC[C@H]2OC3C([C@@H]3n3cnc4c(N)nc(Cl)nc43)[C@H]2O)c2ccccc2c1. The van der Waals surface area contributed by atoms with Gasteiger partial charge in [-0.15, -0.1) is 0 Å². The molecule has 5 aromatic rings. The normalized spacial score (nSPS) is 22.9. The van der Waals surface area contributed by atoms with E-state index in [1.165, 1.54) is 13.3 Å². The second-order valence-corrected chi connectivity index (χ2v) is 17.5. The Morgan fingerprint density at radius 3 is 2.54 bits per heavy atom. The number of hydrogen-bond donors (Lipinski definition) is 4. The number of carbonyl (C=O) groups excluding carboxylic acids is 1. The van der Waals surface area contributed by atoms with Gasteiger partial charge in [-0.05, 0) is 60.6 Å². The second-order valence-electron chi connectivity index (χ2n) is 13.9. The number of nitrogens with one attached hydrogen (secondary N) is 1. The van der Waals surface area contributed by atoms with E-state index in [9.17, 15) is 23.9 Å². The molecule has 0 spiro atoms. The van der Waals surface area contributed by atoms with Crippen LogP contribution in [0.25, 0.3) is 21.9 Å². The third-order valence-corrected chi connectivity index (χ3v) is 13.5. The number of likely N-dealkylation sites (N-methyl/N-ethyl adjacent to an activating group) is 1. The van der Waals surface area contributed by atoms with E-state index in [0.717, 1.165) is 36.1 Å². The summed E-state index contributed by atoms with van der Waals surface area (Å²) < 4.78 is 58.0. The van der Waals surface area contributed by atoms with Crippen molar-refractivity contribution in [3.63, 3.8) is 0 Å². The number of fused-ring (bicyclic) bond motifs is 3. The first-order valence-corrected chi connectivity index (χ1v) is 21.9. The molecule has 4 unspecified atom stereocenters. The van der Waals surface area contributed by atoms with Crippen LogP contribution in [-0.4, -0.2) is 91.0 Å². The van der Waals surface area contributed by atoms with Crippen molar-refractivity contribution in [1.29, 1.82) is 0 Å². The Morgan fingerprint density at radius 1 is 1.09 bits per heavy atom. The average molecular weight is 844 g/mol. The zero-order valence-corrected chi connectivity index (χ0v) is 33.9. The van der Waals surface area contributed by atoms with Crippen molar-refractivity contribution < 1.29 is 46.8 Å². The lowest BCUT2D eigenvalue weighted by molar-refractivity contribution is -0.146. The lowest BCUT2D eigenvalue weighted by Crippen LogP contribution is -2.35. The number of phosphoric ester groups is 1. The molecule has 1 aliphatic heterocycles. The minimum atomic E-state index is -5.26. The number of carbonyl (C=O) groups is 1. The number of nitrogens with two attached hydrogens (primary N) is 1. The Bertz CT molecular complexity index is 2330. The van der Waals surface area contributed by atoms with Gasteiger partial charge in [0.2, 0.25) is 5.28 Å². The Labute approximate surface area is 333 Å². The maximum absolute atomic E-state index is 14.6. The molecule has 8 atom stereocenters. The summed E-state index contributed by atoms with van der Waals surface area (Å²) in [4.78, 5) is 38.8. The minimum Gasteiger partial charge on any atom is -0.460 e. The van der Waals surface area contributed by atoms with Gasteiger partial charge in [-0.25, -0.2) is 14.1 Å². The van der Waals surface area contributed by atoms with E-state index in [1.54, 1.807) is 47.0 Å². The monoisotopic (exact) mass is 843 g/mol. The van der Waals surface area contributed by atoms with Crippen LogP contribution in [0.4, 0.5) is 5.82 Å². The van der Waals surface area contributed by atoms with Crippen LogP contribution in [0.15, 0.2) is 73.1 Å². The molecule has 17 nitrogen and oxygen atoms in total. The zero-order chi connectivity index (χ0) is 40.5. The molecule has 20 heteroatoms. The zero-order valence-electron chi connectivity index (χ0n) is 31.4. The number of nitrogens with zero attached hydrogens (tertiary/aromatic N) is 5. The molecular formula is C37H44ClN7O10P2. The quantitative estimate of drug-likeness (QED) is 0.0490. The van der Waals surface area contributed by atoms with Gasteiger partial charge >= 0.3 is 21.5 Å². The molecule has 1 aliphatic carbocycles. The molecule has 0 amide bonds. The van der Waals surface area contributed by atoms with Gasteiger partial charge < -0.3 is 39.2 Å². The van der Waals surface area contributed by atoms with Crippen LogP contribution in [0.2, 0.25) is 5.28 Å². The highest BCUT2D eigenvalue weighted by Gasteiger charge is 2.65. The van der Waals surface area contributed by atoms with Crippen molar-refractivity contribution in [2.45, 2.75) is 64.2 Å². The second kappa shape index (κ2) is 17.1. The first kappa shape index (κ1) is 41.2. The highest BCUT2D eigenvalue weighted by Crippen LogP contribution is 2.62. The first-order valence-electron chi connectivity index (χ1n) is 18.5. The van der Waals surface area contributed by atoms with E-state index in [2.05, 4.69) is 38.8 Å². The summed E-state index contributed by atoms with van der Waals surface area (Å²) in [6.45, 7) is 7.28. The Morgan fingerprint density at radius 2 is 1.82 bits per heavy atom. The van der Waals surface area contributed by atoms with Gasteiger partial charge in [0.25, 0.3) is 0 Å². The number of aromatic nitrogens is 4. The molecule has 2 aliphatic rings. The van der Waals surface area contributed by atoms with Gasteiger partial charge in [0.05, 0.1) is 31.2 Å². The Balaban J connectivity index is 1.07. The van der Waals surface area contributed by atoms with E-state index in [0.29, 0.717) is 23.0 Å². The van der Waals surface area contributed by atoms with Crippen LogP contribution in [0.5, 0.6) is 5.75 Å². The third kappa shape index (κ3) is 9.34. The average Bonchev–Trinajstić information content (AvgIpc) is 3.54. The van der Waals surface area contributed by atoms with Crippen LogP contribution in [0.1, 0.15) is 37.9 Å². The number of rotatable bonds is 18. The molecule has 1 saturated carbocycles. The number of hydrogen-bond acceptors (Lipinski definition) is 14. The standard InChI is InChI=1S/C37H44ClN7O10P2/c1-4-44(5-2)16-15-24-17-25-13-9-10-14-26(25)27(18-24)54-56(48,43-22(3)36(47)51-19-23-11-7-6-8-12-23)55-57(49,50)52-20-28-32(46)29-31(33(29)53-28)45-21-40-30-34(39)41-37(38)42-35(30)45/h6-14,17-18,21-22,28-29,31-33,46H,4-5,15-16,19-20H2,1-3H3,(H,43,48)(H,49,50)(H2,39,41,42)/t22-,28+,29?,31-,32-,33?,56?/m0/s1. The Kier molecular flexibility index (Phi) is 12.3. The predicted octanol–water partition coefficient (Wildman–Crippen LogP) is 5.44. The van der Waals surface area contributed by atoms with Gasteiger partial charge in [-0.1, -0.05) is 74.5 Å². The lowest BCUT2D eigenvalue weighted by atomic mass is 10.0. The van der Waals surface area contributed by atoms with Crippen molar-refractivity contribution in [3.05, 3.63) is 89.5 Å². The summed E-state index contributed by atoms with van der Waals surface area (Å²) >= 11 is 6.01. The Hall–Kier alpha value is -3.99. The number of aliphatic hydroxyl groups is 1. The fourth-order valence-electron chi connectivity index (χ4n) is 7.05. The van der Waals surface area contributed by atoms with Crippen molar-refractivity contribution in [3.8, 4) is 5.75 Å². The lowest BCUT2D eigenvalue weighted by Gasteiger charge is -2.26. The minimum absolute atomic E-state index is 0.0654. The fraction of sp³-hybridized carbons (Fsp3) is 0.405. The highest BCUT2D eigenvalue weighted by molar-refractivity contribution is 7.63. The number of esters is 1. The largest absolute Gasteiger partial charge is 0.481 e. The maximum atomic E-state index is 14.6. The van der Waals surface area contributed by atoms with Gasteiger partial charge in [0.15, 0.2) is 11.5 Å². The molecule has 7 rings (SSSR count). The number of halogens is 1. The van der Waals surface area contributed by atoms with Crippen molar-refractivity contribution >= 4 is 60.9 Å². The summed E-state index contributed by atoms with van der Waals surface area (Å²) in [5.74, 6) is -1.07. The van der Waals surface area contributed by atoms with E-state index in [-0.39, 0.29) is 29.5 Å². The van der Waals surface area contributed by atoms with Crippen LogP contribution in [0.3, 0.4) is 0 Å². The number of phosphoric acid groups is 1. The highest BCUT2D eigenvalue weighted by atomic mass is 35.5. The van der Waals surface area contributed by atoms with Crippen LogP contribution >= 0.6 is 27.2 Å². The fourth-order valence-corrected chi connectivity index (χ4v) is 10.2. The molecular weight excluding hydrogens is 800 g/mol. The summed E-state index contributed by atoms with van der Waals surface area (Å²) in [5.41, 5.74) is 8.22. The molecule has 0 bridgehead atoms. The topological polar surface area (TPSA) is 223 Å². The van der Waals surface area contributed by atoms with Crippen LogP contribution in [0, 0.1) is 5.92 Å². The van der Waals surface area contributed by atoms with Gasteiger partial charge in [-0.2, -0.15) is 19.4 Å².